The molecular formula is C32H25BrN6O. The van der Waals surface area contributed by atoms with Crippen molar-refractivity contribution in [3.8, 4) is 11.4 Å². The third-order valence-electron chi connectivity index (χ3n) is 7.20. The highest BCUT2D eigenvalue weighted by molar-refractivity contribution is 9.10. The van der Waals surface area contributed by atoms with Crippen LogP contribution in [0.5, 0.6) is 5.75 Å². The largest absolute Gasteiger partial charge is 0.508 e. The van der Waals surface area contributed by atoms with Gasteiger partial charge in [-0.3, -0.25) is 0 Å². The van der Waals surface area contributed by atoms with Crippen LogP contribution in [-0.4, -0.2) is 26.6 Å². The van der Waals surface area contributed by atoms with Gasteiger partial charge in [0.1, 0.15) is 5.75 Å². The second-order valence-corrected chi connectivity index (χ2v) is 10.8. The number of halogens is 1. The number of aromatic nitrogens is 2. The Morgan fingerprint density at radius 1 is 0.850 bits per heavy atom. The van der Waals surface area contributed by atoms with Crippen molar-refractivity contribution in [2.75, 3.05) is 10.2 Å². The Morgan fingerprint density at radius 2 is 1.65 bits per heavy atom. The number of rotatable bonds is 3. The van der Waals surface area contributed by atoms with E-state index in [4.69, 9.17) is 15.1 Å². The van der Waals surface area contributed by atoms with E-state index in [1.54, 1.807) is 6.07 Å². The molecule has 2 aliphatic heterocycles. The summed E-state index contributed by atoms with van der Waals surface area (Å²) in [6.07, 6.45) is 0. The number of anilines is 2. The Hall–Kier alpha value is -4.69. The number of phenolic OH excluding ortho intramolecular Hbond substituents is 1. The predicted octanol–water partition coefficient (Wildman–Crippen LogP) is 7.75. The Kier molecular flexibility index (Phi) is 5.78. The molecular weight excluding hydrogens is 564 g/mol. The maximum atomic E-state index is 11.2. The molecule has 5 aromatic rings. The number of para-hydroxylation sites is 3. The monoisotopic (exact) mass is 588 g/mol. The Morgan fingerprint density at radius 3 is 2.48 bits per heavy atom. The van der Waals surface area contributed by atoms with Crippen molar-refractivity contribution in [1.29, 1.82) is 0 Å². The number of hydrogen-bond donors (Lipinski definition) is 2. The number of nitrogens with zero attached hydrogens (tertiary/aromatic N) is 5. The van der Waals surface area contributed by atoms with E-state index >= 15 is 0 Å². The molecule has 3 heterocycles. The predicted molar refractivity (Wildman–Crippen MR) is 164 cm³/mol. The quantitative estimate of drug-likeness (QED) is 0.226. The third kappa shape index (κ3) is 3.99. The van der Waals surface area contributed by atoms with Crippen LogP contribution in [0.1, 0.15) is 28.4 Å². The number of fused-ring (bicyclic) bond motifs is 4. The second-order valence-electron chi connectivity index (χ2n) is 9.92. The van der Waals surface area contributed by atoms with Gasteiger partial charge in [-0.15, -0.1) is 0 Å². The smallest absolute Gasteiger partial charge is 0.179 e. The molecule has 7 nitrogen and oxygen atoms in total. The first kappa shape index (κ1) is 24.4. The molecule has 8 heteroatoms. The molecule has 0 fully saturated rings. The van der Waals surface area contributed by atoms with Crippen molar-refractivity contribution in [3.05, 3.63) is 124 Å². The minimum absolute atomic E-state index is 0.195. The van der Waals surface area contributed by atoms with Gasteiger partial charge in [0, 0.05) is 21.3 Å². The molecule has 196 valence electrons. The molecule has 0 unspecified atom stereocenters. The summed E-state index contributed by atoms with van der Waals surface area (Å²) in [5, 5.41) is 19.7. The summed E-state index contributed by atoms with van der Waals surface area (Å²) in [4.78, 5) is 12.4. The molecule has 7 rings (SSSR count). The highest BCUT2D eigenvalue weighted by Gasteiger charge is 2.42. The average Bonchev–Trinajstić information content (AvgIpc) is 3.30. The Bertz CT molecular complexity index is 1840. The number of aliphatic imine (C=N–C) groups is 2. The molecule has 1 atom stereocenters. The van der Waals surface area contributed by atoms with E-state index in [9.17, 15) is 5.11 Å². The zero-order valence-electron chi connectivity index (χ0n) is 21.9. The fraction of sp³-hybridized carbons (Fsp3) is 0.0938. The Labute approximate surface area is 240 Å². The van der Waals surface area contributed by atoms with Crippen LogP contribution in [0.25, 0.3) is 5.69 Å². The van der Waals surface area contributed by atoms with E-state index in [2.05, 4.69) is 45.2 Å². The normalized spacial score (nSPS) is 15.5. The molecule has 0 spiro atoms. The highest BCUT2D eigenvalue weighted by atomic mass is 79.9. The van der Waals surface area contributed by atoms with E-state index in [1.807, 2.05) is 90.5 Å². The lowest BCUT2D eigenvalue weighted by molar-refractivity contribution is 0.465. The summed E-state index contributed by atoms with van der Waals surface area (Å²) >= 11 is 3.63. The average molecular weight is 589 g/mol. The van der Waals surface area contributed by atoms with Crippen LogP contribution < -0.4 is 10.2 Å². The van der Waals surface area contributed by atoms with Crippen molar-refractivity contribution in [1.82, 2.24) is 9.78 Å². The van der Waals surface area contributed by atoms with Crippen molar-refractivity contribution >= 4 is 50.5 Å². The SMILES string of the molecule is Cc1cccc(NC2=Nc3ccccc3N3C2=Nc2c(c(C)nn2-c2ccccc2)[C@H]3c2cc(Br)ccc2O)c1. The van der Waals surface area contributed by atoms with Crippen LogP contribution in [0.3, 0.4) is 0 Å². The standard InChI is InChI=1S/C32H25BrN6O/c1-19-9-8-10-22(17-19)34-30-32-36-31-28(20(2)37-39(31)23-11-4-3-5-12-23)29(24-18-21(33)15-16-27(24)40)38(32)26-14-7-6-13-25(26)35-30/h3-18,29,40H,1-2H3,(H,34,35)/t29-/m1/s1. The molecule has 2 aliphatic rings. The maximum absolute atomic E-state index is 11.2. The maximum Gasteiger partial charge on any atom is 0.179 e. The number of amidine groups is 2. The van der Waals surface area contributed by atoms with E-state index in [0.29, 0.717) is 17.5 Å². The zero-order valence-corrected chi connectivity index (χ0v) is 23.5. The van der Waals surface area contributed by atoms with Crippen LogP contribution in [0.2, 0.25) is 0 Å². The number of aromatic hydroxyl groups is 1. The first-order valence-electron chi connectivity index (χ1n) is 13.0. The van der Waals surface area contributed by atoms with Gasteiger partial charge in [-0.2, -0.15) is 5.10 Å². The number of phenols is 1. The van der Waals surface area contributed by atoms with Crippen LogP contribution in [-0.2, 0) is 0 Å². The lowest BCUT2D eigenvalue weighted by Gasteiger charge is -2.40. The van der Waals surface area contributed by atoms with Crippen molar-refractivity contribution in [2.24, 2.45) is 9.98 Å². The van der Waals surface area contributed by atoms with Crippen LogP contribution in [0.15, 0.2) is 112 Å². The first-order valence-corrected chi connectivity index (χ1v) is 13.8. The van der Waals surface area contributed by atoms with Gasteiger partial charge in [-0.1, -0.05) is 58.4 Å². The number of aryl methyl sites for hydroxylation is 2. The molecule has 0 radical (unpaired) electrons. The van der Waals surface area contributed by atoms with Crippen molar-refractivity contribution < 1.29 is 5.11 Å². The molecule has 4 aromatic carbocycles. The summed E-state index contributed by atoms with van der Waals surface area (Å²) in [6, 6.07) is 31.3. The molecule has 0 aliphatic carbocycles. The minimum Gasteiger partial charge on any atom is -0.508 e. The fourth-order valence-electron chi connectivity index (χ4n) is 5.45. The highest BCUT2D eigenvalue weighted by Crippen LogP contribution is 2.50. The molecule has 0 amide bonds. The summed E-state index contributed by atoms with van der Waals surface area (Å²) in [5.41, 5.74) is 7.17. The third-order valence-corrected chi connectivity index (χ3v) is 7.70. The molecule has 40 heavy (non-hydrogen) atoms. The molecule has 0 bridgehead atoms. The fourth-order valence-corrected chi connectivity index (χ4v) is 5.82. The van der Waals surface area contributed by atoms with Gasteiger partial charge in [-0.05, 0) is 74.0 Å². The first-order chi connectivity index (χ1) is 19.5. The summed E-state index contributed by atoms with van der Waals surface area (Å²) < 4.78 is 2.75. The van der Waals surface area contributed by atoms with Gasteiger partial charge in [0.25, 0.3) is 0 Å². The second kappa shape index (κ2) is 9.50. The van der Waals surface area contributed by atoms with Crippen LogP contribution in [0.4, 0.5) is 22.9 Å². The summed E-state index contributed by atoms with van der Waals surface area (Å²) in [6.45, 7) is 4.06. The van der Waals surface area contributed by atoms with Crippen LogP contribution >= 0.6 is 15.9 Å². The summed E-state index contributed by atoms with van der Waals surface area (Å²) in [5.74, 6) is 2.17. The van der Waals surface area contributed by atoms with E-state index in [1.165, 1.54) is 0 Å². The number of benzene rings is 4. The zero-order chi connectivity index (χ0) is 27.4. The van der Waals surface area contributed by atoms with Crippen LogP contribution in [0, 0.1) is 13.8 Å². The Balaban J connectivity index is 1.52. The van der Waals surface area contributed by atoms with Gasteiger partial charge in [0.15, 0.2) is 17.5 Å². The van der Waals surface area contributed by atoms with Gasteiger partial charge in [-0.25, -0.2) is 14.7 Å². The topological polar surface area (TPSA) is 78.0 Å². The molecule has 1 aromatic heterocycles. The van der Waals surface area contributed by atoms with E-state index < -0.39 is 6.04 Å². The van der Waals surface area contributed by atoms with Crippen molar-refractivity contribution in [3.63, 3.8) is 0 Å². The van der Waals surface area contributed by atoms with E-state index in [-0.39, 0.29) is 5.75 Å². The van der Waals surface area contributed by atoms with Gasteiger partial charge in [0.2, 0.25) is 0 Å². The van der Waals surface area contributed by atoms with Gasteiger partial charge < -0.3 is 15.3 Å². The summed E-state index contributed by atoms with van der Waals surface area (Å²) in [7, 11) is 0. The van der Waals surface area contributed by atoms with E-state index in [0.717, 1.165) is 49.6 Å². The number of hydrogen-bond acceptors (Lipinski definition) is 6. The molecule has 2 N–H and O–H groups in total. The lowest BCUT2D eigenvalue weighted by Crippen LogP contribution is -2.46. The molecule has 0 saturated carbocycles. The van der Waals surface area contributed by atoms with Gasteiger partial charge in [0.05, 0.1) is 28.8 Å². The van der Waals surface area contributed by atoms with Gasteiger partial charge >= 0.3 is 0 Å². The molecule has 0 saturated heterocycles. The number of nitrogens with one attached hydrogen (secondary N) is 1. The van der Waals surface area contributed by atoms with Crippen molar-refractivity contribution in [2.45, 2.75) is 19.9 Å². The minimum atomic E-state index is -0.413. The lowest BCUT2D eigenvalue weighted by atomic mass is 9.92.